The molecule has 10 nitrogen and oxygen atoms in total. The standard InChI is InChI=1S/C35H41ClN8O2/c1-5-34(45)41-31-20-29(15-16-32(31)43-19-18-42(4)24(2)23-43)44(35(46)39-21-25-8-6-7-9-30(25)36)28-13-10-26(11-14-28)40-33-17-12-27(37-3)22-38-33/h5-9,12,15-17,20,22,24,26,28H,1,10-11,13-14,18-19,21,23H2,2,4H3,(H,38,40)(H,39,46)(H,41,45)/t24-,26?,28?/m0/s1. The fraction of sp³-hybridized carbons (Fsp3) is 0.371. The highest BCUT2D eigenvalue weighted by atomic mass is 35.5. The summed E-state index contributed by atoms with van der Waals surface area (Å²) < 4.78 is 0. The SMILES string of the molecule is [C-]#[N+]c1ccc(NC2CCC(N(C(=O)NCc3ccccc3Cl)c3ccc(N4CCN(C)[C@@H](C)C4)c(NC(=O)C=C)c3)CC2)nc1. The third-order valence-corrected chi connectivity index (χ3v) is 9.27. The monoisotopic (exact) mass is 640 g/mol. The van der Waals surface area contributed by atoms with Gasteiger partial charge in [0.25, 0.3) is 0 Å². The van der Waals surface area contributed by atoms with Crippen molar-refractivity contribution in [1.82, 2.24) is 15.2 Å². The molecule has 1 saturated heterocycles. The molecule has 46 heavy (non-hydrogen) atoms. The van der Waals surface area contributed by atoms with Crippen LogP contribution in [0.5, 0.6) is 0 Å². The molecule has 0 bridgehead atoms. The van der Waals surface area contributed by atoms with E-state index in [0.717, 1.165) is 62.4 Å². The van der Waals surface area contributed by atoms with Crippen LogP contribution in [0.1, 0.15) is 38.2 Å². The first-order chi connectivity index (χ1) is 22.2. The van der Waals surface area contributed by atoms with Gasteiger partial charge in [0.15, 0.2) is 0 Å². The lowest BCUT2D eigenvalue weighted by atomic mass is 9.89. The normalized spacial score (nSPS) is 19.9. The number of halogens is 1. The zero-order chi connectivity index (χ0) is 32.6. The van der Waals surface area contributed by atoms with Crippen LogP contribution in [0.15, 0.2) is 73.4 Å². The molecule has 0 spiro atoms. The highest BCUT2D eigenvalue weighted by molar-refractivity contribution is 6.31. The summed E-state index contributed by atoms with van der Waals surface area (Å²) in [7, 11) is 2.12. The largest absolute Gasteiger partial charge is 0.367 e. The van der Waals surface area contributed by atoms with E-state index < -0.39 is 0 Å². The lowest BCUT2D eigenvalue weighted by Crippen LogP contribution is -2.50. The van der Waals surface area contributed by atoms with Crippen molar-refractivity contribution in [3.63, 3.8) is 0 Å². The van der Waals surface area contributed by atoms with E-state index in [9.17, 15) is 9.59 Å². The van der Waals surface area contributed by atoms with Crippen LogP contribution in [0.25, 0.3) is 4.85 Å². The third kappa shape index (κ3) is 7.97. The van der Waals surface area contributed by atoms with Gasteiger partial charge in [0.2, 0.25) is 11.6 Å². The molecule has 2 aliphatic rings. The minimum atomic E-state index is -0.306. The number of benzene rings is 2. The van der Waals surface area contributed by atoms with Gasteiger partial charge in [0.05, 0.1) is 17.9 Å². The summed E-state index contributed by atoms with van der Waals surface area (Å²) in [5.74, 6) is 0.432. The molecule has 2 fully saturated rings. The zero-order valence-corrected chi connectivity index (χ0v) is 27.1. The van der Waals surface area contributed by atoms with E-state index in [1.165, 1.54) is 6.08 Å². The van der Waals surface area contributed by atoms with Gasteiger partial charge in [-0.25, -0.2) is 9.64 Å². The summed E-state index contributed by atoms with van der Waals surface area (Å²) in [5.41, 5.74) is 3.60. The highest BCUT2D eigenvalue weighted by Gasteiger charge is 2.31. The molecule has 3 aromatic rings. The van der Waals surface area contributed by atoms with Gasteiger partial charge in [-0.15, -0.1) is 0 Å². The average molecular weight is 641 g/mol. The first-order valence-corrected chi connectivity index (χ1v) is 16.1. The number of hydrogen-bond acceptors (Lipinski definition) is 6. The molecule has 1 saturated carbocycles. The minimum Gasteiger partial charge on any atom is -0.367 e. The fourth-order valence-corrected chi connectivity index (χ4v) is 6.32. The number of piperazine rings is 1. The van der Waals surface area contributed by atoms with Crippen molar-refractivity contribution in [3.8, 4) is 0 Å². The number of carbonyl (C=O) groups excluding carboxylic acids is 2. The van der Waals surface area contributed by atoms with Crippen LogP contribution in [0.2, 0.25) is 5.02 Å². The second-order valence-corrected chi connectivity index (χ2v) is 12.4. The number of carbonyl (C=O) groups is 2. The van der Waals surface area contributed by atoms with Crippen LogP contribution >= 0.6 is 11.6 Å². The van der Waals surface area contributed by atoms with Crippen LogP contribution in [0.4, 0.5) is 33.4 Å². The Kier molecular flexibility index (Phi) is 10.8. The molecule has 3 amide bonds. The second-order valence-electron chi connectivity index (χ2n) is 12.0. The van der Waals surface area contributed by atoms with E-state index in [1.807, 2.05) is 53.4 Å². The van der Waals surface area contributed by atoms with Gasteiger partial charge in [-0.1, -0.05) is 42.4 Å². The summed E-state index contributed by atoms with van der Waals surface area (Å²) in [5, 5.41) is 10.2. The lowest BCUT2D eigenvalue weighted by molar-refractivity contribution is -0.111. The number of anilines is 4. The van der Waals surface area contributed by atoms with E-state index >= 15 is 0 Å². The summed E-state index contributed by atoms with van der Waals surface area (Å²) >= 11 is 6.40. The number of nitrogens with zero attached hydrogens (tertiary/aromatic N) is 5. The Bertz CT molecular complexity index is 1580. The summed E-state index contributed by atoms with van der Waals surface area (Å²) in [6, 6.07) is 17.2. The van der Waals surface area contributed by atoms with Crippen LogP contribution in [-0.4, -0.2) is 66.6 Å². The molecule has 1 atom stereocenters. The van der Waals surface area contributed by atoms with Crippen molar-refractivity contribution >= 4 is 52.1 Å². The van der Waals surface area contributed by atoms with E-state index in [1.54, 1.807) is 12.3 Å². The number of urea groups is 1. The van der Waals surface area contributed by atoms with Gasteiger partial charge < -0.3 is 25.8 Å². The Balaban J connectivity index is 1.40. The molecule has 1 aromatic heterocycles. The molecule has 1 aliphatic heterocycles. The maximum absolute atomic E-state index is 14.0. The molecule has 0 radical (unpaired) electrons. The molecule has 11 heteroatoms. The van der Waals surface area contributed by atoms with Crippen molar-refractivity contribution in [3.05, 3.63) is 95.5 Å². The van der Waals surface area contributed by atoms with Gasteiger partial charge in [-0.2, -0.15) is 0 Å². The van der Waals surface area contributed by atoms with Crippen molar-refractivity contribution in [2.24, 2.45) is 0 Å². The van der Waals surface area contributed by atoms with Gasteiger partial charge >= 0.3 is 6.03 Å². The molecule has 2 aromatic carbocycles. The summed E-state index contributed by atoms with van der Waals surface area (Å²) in [6.07, 6.45) is 6.04. The van der Waals surface area contributed by atoms with Gasteiger partial charge in [-0.3, -0.25) is 14.7 Å². The molecule has 3 N–H and O–H groups in total. The summed E-state index contributed by atoms with van der Waals surface area (Å²) in [4.78, 5) is 40.8. The van der Waals surface area contributed by atoms with Crippen LogP contribution in [-0.2, 0) is 11.3 Å². The van der Waals surface area contributed by atoms with Gasteiger partial charge in [-0.05, 0) is 81.6 Å². The van der Waals surface area contributed by atoms with Crippen molar-refractivity contribution < 1.29 is 9.59 Å². The van der Waals surface area contributed by atoms with E-state index in [4.69, 9.17) is 18.2 Å². The average Bonchev–Trinajstić information content (AvgIpc) is 3.07. The van der Waals surface area contributed by atoms with Crippen LogP contribution < -0.4 is 25.8 Å². The van der Waals surface area contributed by atoms with E-state index in [2.05, 4.69) is 56.1 Å². The second kappa shape index (κ2) is 15.1. The highest BCUT2D eigenvalue weighted by Crippen LogP contribution is 2.36. The molecule has 5 rings (SSSR count). The number of rotatable bonds is 9. The van der Waals surface area contributed by atoms with Crippen LogP contribution in [0.3, 0.4) is 0 Å². The van der Waals surface area contributed by atoms with Crippen molar-refractivity contribution in [2.75, 3.05) is 47.1 Å². The predicted molar refractivity (Wildman–Crippen MR) is 186 cm³/mol. The van der Waals surface area contributed by atoms with E-state index in [-0.39, 0.29) is 30.6 Å². The number of nitrogens with one attached hydrogen (secondary N) is 3. The van der Waals surface area contributed by atoms with Gasteiger partial charge in [0, 0.05) is 61.2 Å². The Labute approximate surface area is 276 Å². The zero-order valence-electron chi connectivity index (χ0n) is 26.4. The predicted octanol–water partition coefficient (Wildman–Crippen LogP) is 6.69. The van der Waals surface area contributed by atoms with Gasteiger partial charge in [0.1, 0.15) is 5.82 Å². The fourth-order valence-electron chi connectivity index (χ4n) is 6.12. The van der Waals surface area contributed by atoms with E-state index in [0.29, 0.717) is 28.1 Å². The quantitative estimate of drug-likeness (QED) is 0.178. The lowest BCUT2D eigenvalue weighted by Gasteiger charge is -2.40. The van der Waals surface area contributed by atoms with Crippen molar-refractivity contribution in [2.45, 2.75) is 57.3 Å². The topological polar surface area (TPSA) is 97.2 Å². The Morgan fingerprint density at radius 3 is 2.59 bits per heavy atom. The molecular weight excluding hydrogens is 600 g/mol. The van der Waals surface area contributed by atoms with Crippen molar-refractivity contribution in [1.29, 1.82) is 0 Å². The number of likely N-dealkylation sites (N-methyl/N-ethyl adjacent to an activating group) is 1. The third-order valence-electron chi connectivity index (χ3n) is 8.90. The molecular formula is C35H41ClN8O2. The van der Waals surface area contributed by atoms with Crippen LogP contribution in [0, 0.1) is 6.57 Å². The molecule has 0 unspecified atom stereocenters. The number of amides is 3. The Morgan fingerprint density at radius 2 is 1.91 bits per heavy atom. The maximum Gasteiger partial charge on any atom is 0.322 e. The first kappa shape index (κ1) is 32.8. The minimum absolute atomic E-state index is 0.0702. The smallest absolute Gasteiger partial charge is 0.322 e. The Hall–Kier alpha value is -4.59. The number of aromatic nitrogens is 1. The Morgan fingerprint density at radius 1 is 1.13 bits per heavy atom. The maximum atomic E-state index is 14.0. The first-order valence-electron chi connectivity index (χ1n) is 15.7. The number of hydrogen-bond donors (Lipinski definition) is 3. The summed E-state index contributed by atoms with van der Waals surface area (Å²) in [6.45, 7) is 15.8. The number of pyridine rings is 1. The molecule has 1 aliphatic carbocycles. The molecule has 240 valence electrons. The molecule has 2 heterocycles.